The van der Waals surface area contributed by atoms with Crippen molar-refractivity contribution in [2.24, 2.45) is 0 Å². The molecule has 0 aliphatic rings. The number of unbranched alkanes of at least 4 members (excludes halogenated alkanes) is 3. The van der Waals surface area contributed by atoms with Crippen LogP contribution in [0.25, 0.3) is 0 Å². The SMILES string of the molecule is C=C(CCCCCC)C(=C)C(C)=O. The van der Waals surface area contributed by atoms with Crippen molar-refractivity contribution in [1.82, 2.24) is 0 Å². The van der Waals surface area contributed by atoms with E-state index in [-0.39, 0.29) is 5.78 Å². The van der Waals surface area contributed by atoms with Crippen molar-refractivity contribution in [2.45, 2.75) is 46.0 Å². The summed E-state index contributed by atoms with van der Waals surface area (Å²) in [6.45, 7) is 11.3. The minimum atomic E-state index is 0.0421. The first-order chi connectivity index (χ1) is 6.09. The quantitative estimate of drug-likeness (QED) is 0.332. The lowest BCUT2D eigenvalue weighted by molar-refractivity contribution is -0.113. The monoisotopic (exact) mass is 180 g/mol. The number of rotatable bonds is 7. The molecule has 0 aliphatic carbocycles. The van der Waals surface area contributed by atoms with Gasteiger partial charge >= 0.3 is 0 Å². The lowest BCUT2D eigenvalue weighted by atomic mass is 10.00. The van der Waals surface area contributed by atoms with E-state index in [0.29, 0.717) is 5.57 Å². The predicted molar refractivity (Wildman–Crippen MR) is 57.7 cm³/mol. The number of Topliss-reactive ketones (excluding diaryl/α,β-unsaturated/α-hetero) is 1. The second kappa shape index (κ2) is 6.64. The van der Waals surface area contributed by atoms with Gasteiger partial charge in [0.05, 0.1) is 0 Å². The molecule has 0 aromatic heterocycles. The topological polar surface area (TPSA) is 17.1 Å². The Balaban J connectivity index is 3.63. The molecule has 0 aliphatic heterocycles. The van der Waals surface area contributed by atoms with Crippen LogP contribution in [0.15, 0.2) is 24.3 Å². The summed E-state index contributed by atoms with van der Waals surface area (Å²) in [5, 5.41) is 0. The van der Waals surface area contributed by atoms with Crippen LogP contribution in [0.4, 0.5) is 0 Å². The van der Waals surface area contributed by atoms with E-state index >= 15 is 0 Å². The average Bonchev–Trinajstić information content (AvgIpc) is 2.10. The van der Waals surface area contributed by atoms with Gasteiger partial charge in [-0.05, 0) is 25.3 Å². The molecule has 0 radical (unpaired) electrons. The Hall–Kier alpha value is -0.850. The summed E-state index contributed by atoms with van der Waals surface area (Å²) < 4.78 is 0. The van der Waals surface area contributed by atoms with Crippen LogP contribution in [-0.4, -0.2) is 5.78 Å². The first-order valence-corrected chi connectivity index (χ1v) is 4.97. The summed E-state index contributed by atoms with van der Waals surface area (Å²) in [7, 11) is 0. The molecule has 0 saturated carbocycles. The third kappa shape index (κ3) is 5.40. The minimum absolute atomic E-state index is 0.0421. The molecule has 0 heterocycles. The second-order valence-corrected chi connectivity index (χ2v) is 3.45. The molecular formula is C12H20O. The van der Waals surface area contributed by atoms with Crippen LogP contribution in [0, 0.1) is 0 Å². The van der Waals surface area contributed by atoms with Crippen molar-refractivity contribution in [3.63, 3.8) is 0 Å². The molecule has 0 unspecified atom stereocenters. The molecule has 0 amide bonds. The van der Waals surface area contributed by atoms with Gasteiger partial charge in [0.25, 0.3) is 0 Å². The molecule has 0 fully saturated rings. The van der Waals surface area contributed by atoms with Crippen LogP contribution in [0.1, 0.15) is 46.0 Å². The fraction of sp³-hybridized carbons (Fsp3) is 0.583. The molecule has 74 valence electrons. The van der Waals surface area contributed by atoms with E-state index in [9.17, 15) is 4.79 Å². The average molecular weight is 180 g/mol. The molecule has 0 bridgehead atoms. The predicted octanol–water partition coefficient (Wildman–Crippen LogP) is 3.66. The summed E-state index contributed by atoms with van der Waals surface area (Å²) >= 11 is 0. The first kappa shape index (κ1) is 12.2. The molecule has 1 heteroatoms. The van der Waals surface area contributed by atoms with E-state index in [4.69, 9.17) is 0 Å². The van der Waals surface area contributed by atoms with Crippen LogP contribution < -0.4 is 0 Å². The lowest BCUT2D eigenvalue weighted by Crippen LogP contribution is -1.97. The minimum Gasteiger partial charge on any atom is -0.295 e. The molecule has 13 heavy (non-hydrogen) atoms. The zero-order chi connectivity index (χ0) is 10.3. The van der Waals surface area contributed by atoms with Crippen molar-refractivity contribution < 1.29 is 4.79 Å². The highest BCUT2D eigenvalue weighted by atomic mass is 16.1. The highest BCUT2D eigenvalue weighted by Gasteiger charge is 2.04. The van der Waals surface area contributed by atoms with Crippen molar-refractivity contribution in [1.29, 1.82) is 0 Å². The van der Waals surface area contributed by atoms with E-state index in [1.54, 1.807) is 6.92 Å². The maximum absolute atomic E-state index is 10.9. The molecule has 0 spiro atoms. The van der Waals surface area contributed by atoms with Crippen LogP contribution >= 0.6 is 0 Å². The summed E-state index contributed by atoms with van der Waals surface area (Å²) in [5.41, 5.74) is 1.50. The van der Waals surface area contributed by atoms with Gasteiger partial charge in [0.15, 0.2) is 5.78 Å². The Morgan fingerprint density at radius 3 is 2.23 bits per heavy atom. The smallest absolute Gasteiger partial charge is 0.159 e. The van der Waals surface area contributed by atoms with Crippen LogP contribution in [0.5, 0.6) is 0 Å². The largest absolute Gasteiger partial charge is 0.295 e. The zero-order valence-corrected chi connectivity index (χ0v) is 8.86. The van der Waals surface area contributed by atoms with Gasteiger partial charge in [-0.2, -0.15) is 0 Å². The molecule has 0 saturated heterocycles. The third-order valence-corrected chi connectivity index (χ3v) is 2.18. The van der Waals surface area contributed by atoms with E-state index in [2.05, 4.69) is 20.1 Å². The Bertz CT molecular complexity index is 201. The van der Waals surface area contributed by atoms with Crippen molar-refractivity contribution in [3.05, 3.63) is 24.3 Å². The summed E-state index contributed by atoms with van der Waals surface area (Å²) in [6, 6.07) is 0. The molecule has 0 N–H and O–H groups in total. The van der Waals surface area contributed by atoms with E-state index in [1.165, 1.54) is 19.3 Å². The molecule has 0 atom stereocenters. The normalized spacial score (nSPS) is 9.69. The van der Waals surface area contributed by atoms with Gasteiger partial charge in [0, 0.05) is 5.57 Å². The van der Waals surface area contributed by atoms with Gasteiger partial charge in [0.1, 0.15) is 0 Å². The summed E-state index contributed by atoms with van der Waals surface area (Å²) in [6.07, 6.45) is 5.76. The van der Waals surface area contributed by atoms with Crippen molar-refractivity contribution in [2.75, 3.05) is 0 Å². The number of ketones is 1. The molecule has 0 aromatic rings. The fourth-order valence-corrected chi connectivity index (χ4v) is 1.16. The van der Waals surface area contributed by atoms with Crippen LogP contribution in [0.2, 0.25) is 0 Å². The van der Waals surface area contributed by atoms with E-state index in [1.807, 2.05) is 0 Å². The van der Waals surface area contributed by atoms with Gasteiger partial charge < -0.3 is 0 Å². The number of carbonyl (C=O) groups is 1. The Morgan fingerprint density at radius 2 is 1.77 bits per heavy atom. The Kier molecular flexibility index (Phi) is 6.21. The van der Waals surface area contributed by atoms with Gasteiger partial charge in [-0.1, -0.05) is 39.3 Å². The number of hydrogen-bond acceptors (Lipinski definition) is 1. The first-order valence-electron chi connectivity index (χ1n) is 4.97. The van der Waals surface area contributed by atoms with Crippen LogP contribution in [0.3, 0.4) is 0 Å². The van der Waals surface area contributed by atoms with Gasteiger partial charge in [0.2, 0.25) is 0 Å². The van der Waals surface area contributed by atoms with E-state index < -0.39 is 0 Å². The van der Waals surface area contributed by atoms with Crippen molar-refractivity contribution >= 4 is 5.78 Å². The summed E-state index contributed by atoms with van der Waals surface area (Å²) in [5.74, 6) is 0.0421. The van der Waals surface area contributed by atoms with Gasteiger partial charge in [-0.3, -0.25) is 4.79 Å². The molecule has 0 rings (SSSR count). The zero-order valence-electron chi connectivity index (χ0n) is 8.86. The van der Waals surface area contributed by atoms with Gasteiger partial charge in [-0.25, -0.2) is 0 Å². The maximum atomic E-state index is 10.9. The number of allylic oxidation sites excluding steroid dienone is 2. The maximum Gasteiger partial charge on any atom is 0.159 e. The molecule has 0 aromatic carbocycles. The number of carbonyl (C=O) groups excluding carboxylic acids is 1. The molecular weight excluding hydrogens is 160 g/mol. The van der Waals surface area contributed by atoms with Crippen LogP contribution in [-0.2, 0) is 4.79 Å². The standard InChI is InChI=1S/C12H20O/c1-5-6-7-8-9-10(2)11(3)12(4)13/h2-3,5-9H2,1,4H3. The fourth-order valence-electron chi connectivity index (χ4n) is 1.16. The third-order valence-electron chi connectivity index (χ3n) is 2.18. The summed E-state index contributed by atoms with van der Waals surface area (Å²) in [4.78, 5) is 10.9. The van der Waals surface area contributed by atoms with E-state index in [0.717, 1.165) is 18.4 Å². The van der Waals surface area contributed by atoms with Gasteiger partial charge in [-0.15, -0.1) is 0 Å². The Labute approximate surface area is 81.5 Å². The highest BCUT2D eigenvalue weighted by molar-refractivity contribution is 5.96. The Morgan fingerprint density at radius 1 is 1.15 bits per heavy atom. The second-order valence-electron chi connectivity index (χ2n) is 3.45. The van der Waals surface area contributed by atoms with Crippen molar-refractivity contribution in [3.8, 4) is 0 Å². The molecule has 1 nitrogen and oxygen atoms in total. The highest BCUT2D eigenvalue weighted by Crippen LogP contribution is 2.15. The lowest BCUT2D eigenvalue weighted by Gasteiger charge is -2.05. The number of hydrogen-bond donors (Lipinski definition) is 0.